The highest BCUT2D eigenvalue weighted by Gasteiger charge is 2.54. The first kappa shape index (κ1) is 20.3. The second-order valence-corrected chi connectivity index (χ2v) is 10.1. The molecular weight excluding hydrogens is 394 g/mol. The van der Waals surface area contributed by atoms with Crippen LogP contribution < -0.4 is 10.9 Å². The van der Waals surface area contributed by atoms with E-state index in [0.717, 1.165) is 35.8 Å². The van der Waals surface area contributed by atoms with Crippen molar-refractivity contribution in [1.29, 1.82) is 0 Å². The molecule has 4 aliphatic rings. The second kappa shape index (κ2) is 7.50. The highest BCUT2D eigenvalue weighted by atomic mass is 16.5. The molecule has 0 radical (unpaired) electrons. The largest absolute Gasteiger partial charge is 0.459 e. The van der Waals surface area contributed by atoms with Crippen LogP contribution in [0.3, 0.4) is 0 Å². The molecule has 0 aliphatic heterocycles. The summed E-state index contributed by atoms with van der Waals surface area (Å²) >= 11 is 0. The third kappa shape index (κ3) is 3.77. The molecule has 4 bridgehead atoms. The zero-order valence-electron chi connectivity index (χ0n) is 18.2. The lowest BCUT2D eigenvalue weighted by molar-refractivity contribution is -0.151. The van der Waals surface area contributed by atoms with Crippen molar-refractivity contribution in [3.8, 4) is 0 Å². The molecule has 31 heavy (non-hydrogen) atoms. The van der Waals surface area contributed by atoms with Crippen molar-refractivity contribution >= 4 is 22.8 Å². The molecule has 0 spiro atoms. The van der Waals surface area contributed by atoms with Gasteiger partial charge in [0.15, 0.2) is 0 Å². The van der Waals surface area contributed by atoms with Gasteiger partial charge < -0.3 is 14.5 Å². The van der Waals surface area contributed by atoms with Gasteiger partial charge in [-0.05, 0) is 93.4 Å². The lowest BCUT2D eigenvalue weighted by Gasteiger charge is -2.55. The molecule has 0 saturated heterocycles. The first-order chi connectivity index (χ1) is 14.8. The summed E-state index contributed by atoms with van der Waals surface area (Å²) in [5.74, 6) is 1.54. The van der Waals surface area contributed by atoms with E-state index in [1.807, 2.05) is 26.0 Å². The molecule has 4 fully saturated rings. The van der Waals surface area contributed by atoms with Crippen LogP contribution in [0.4, 0.5) is 0 Å². The summed E-state index contributed by atoms with van der Waals surface area (Å²) in [6.45, 7) is 3.76. The van der Waals surface area contributed by atoms with E-state index in [1.165, 1.54) is 25.3 Å². The topological polar surface area (TPSA) is 85.6 Å². The number of aryl methyl sites for hydroxylation is 2. The summed E-state index contributed by atoms with van der Waals surface area (Å²) in [7, 11) is 0. The molecule has 0 atom stereocenters. The number of amides is 1. The van der Waals surface area contributed by atoms with Gasteiger partial charge in [-0.1, -0.05) is 0 Å². The minimum Gasteiger partial charge on any atom is -0.459 e. The summed E-state index contributed by atoms with van der Waals surface area (Å²) in [6, 6.07) is 5.12. The van der Waals surface area contributed by atoms with Crippen molar-refractivity contribution in [2.45, 2.75) is 59.0 Å². The van der Waals surface area contributed by atoms with Crippen LogP contribution in [-0.4, -0.2) is 18.4 Å². The van der Waals surface area contributed by atoms with Crippen LogP contribution in [0.15, 0.2) is 27.4 Å². The van der Waals surface area contributed by atoms with Crippen molar-refractivity contribution in [1.82, 2.24) is 5.32 Å². The zero-order chi connectivity index (χ0) is 21.8. The molecule has 2 aromatic rings. The molecule has 1 amide bonds. The van der Waals surface area contributed by atoms with Gasteiger partial charge in [0.1, 0.15) is 18.7 Å². The third-order valence-corrected chi connectivity index (χ3v) is 7.75. The van der Waals surface area contributed by atoms with Gasteiger partial charge in [0.2, 0.25) is 5.91 Å². The normalized spacial score (nSPS) is 28.6. The molecule has 1 N–H and O–H groups in total. The fourth-order valence-corrected chi connectivity index (χ4v) is 6.54. The van der Waals surface area contributed by atoms with Crippen molar-refractivity contribution in [3.63, 3.8) is 0 Å². The molecule has 6 nitrogen and oxygen atoms in total. The van der Waals surface area contributed by atoms with Crippen molar-refractivity contribution < 1.29 is 18.7 Å². The minimum absolute atomic E-state index is 0.0143. The van der Waals surface area contributed by atoms with E-state index >= 15 is 0 Å². The Kier molecular flexibility index (Phi) is 4.91. The number of nitrogens with one attached hydrogen (secondary N) is 1. The fourth-order valence-electron chi connectivity index (χ4n) is 6.54. The van der Waals surface area contributed by atoms with Gasteiger partial charge in [-0.3, -0.25) is 9.59 Å². The van der Waals surface area contributed by atoms with E-state index in [0.29, 0.717) is 28.9 Å². The van der Waals surface area contributed by atoms with E-state index in [9.17, 15) is 14.4 Å². The maximum atomic E-state index is 13.0. The van der Waals surface area contributed by atoms with Gasteiger partial charge in [-0.15, -0.1) is 0 Å². The number of benzene rings is 1. The van der Waals surface area contributed by atoms with Crippen molar-refractivity contribution in [2.75, 3.05) is 6.54 Å². The van der Waals surface area contributed by atoms with E-state index in [-0.39, 0.29) is 24.5 Å². The third-order valence-electron chi connectivity index (χ3n) is 7.75. The Morgan fingerprint density at radius 3 is 2.29 bits per heavy atom. The molecule has 4 aliphatic carbocycles. The number of rotatable bonds is 5. The molecule has 6 heteroatoms. The molecular formula is C25H29NO5. The van der Waals surface area contributed by atoms with Gasteiger partial charge in [0, 0.05) is 22.4 Å². The maximum absolute atomic E-state index is 13.0. The number of hydrogen-bond donors (Lipinski definition) is 1. The number of fused-ring (bicyclic) bond motifs is 1. The molecule has 0 unspecified atom stereocenters. The first-order valence-electron chi connectivity index (χ1n) is 11.3. The monoisotopic (exact) mass is 423 g/mol. The van der Waals surface area contributed by atoms with Crippen LogP contribution in [-0.2, 0) is 20.9 Å². The maximum Gasteiger partial charge on any atom is 0.336 e. The van der Waals surface area contributed by atoms with Crippen LogP contribution in [0.2, 0.25) is 0 Å². The molecule has 6 rings (SSSR count). The zero-order valence-corrected chi connectivity index (χ0v) is 18.2. The van der Waals surface area contributed by atoms with Crippen molar-refractivity contribution in [2.24, 2.45) is 23.2 Å². The van der Waals surface area contributed by atoms with Crippen LogP contribution in [0.5, 0.6) is 0 Å². The van der Waals surface area contributed by atoms with Gasteiger partial charge in [-0.2, -0.15) is 0 Å². The summed E-state index contributed by atoms with van der Waals surface area (Å²) in [5.41, 5.74) is 2.43. The predicted octanol–water partition coefficient (Wildman–Crippen LogP) is 3.79. The summed E-state index contributed by atoms with van der Waals surface area (Å²) in [6.07, 6.45) is 6.70. The molecule has 4 saturated carbocycles. The van der Waals surface area contributed by atoms with E-state index in [2.05, 4.69) is 5.32 Å². The quantitative estimate of drug-likeness (QED) is 0.584. The van der Waals surface area contributed by atoms with Crippen molar-refractivity contribution in [3.05, 3.63) is 45.3 Å². The van der Waals surface area contributed by atoms with Crippen LogP contribution in [0.25, 0.3) is 11.0 Å². The van der Waals surface area contributed by atoms with E-state index in [4.69, 9.17) is 9.15 Å². The average Bonchev–Trinajstić information content (AvgIpc) is 2.70. The Balaban J connectivity index is 1.22. The summed E-state index contributed by atoms with van der Waals surface area (Å²) in [4.78, 5) is 37.2. The summed E-state index contributed by atoms with van der Waals surface area (Å²) in [5, 5.41) is 3.60. The molecule has 164 valence electrons. The number of carbonyl (C=O) groups excluding carboxylic acids is 2. The SMILES string of the molecule is Cc1cc2oc(=O)cc(COC(=O)CNC(=O)C34CC5CC(CC(C5)C3)C4)c2cc1C. The number of ether oxygens (including phenoxy) is 1. The van der Waals surface area contributed by atoms with Gasteiger partial charge >= 0.3 is 11.6 Å². The van der Waals surface area contributed by atoms with Gasteiger partial charge in [-0.25, -0.2) is 4.79 Å². The minimum atomic E-state index is -0.497. The van der Waals surface area contributed by atoms with Crippen LogP contribution in [0.1, 0.15) is 55.2 Å². The standard InChI is InChI=1S/C25H29NO5/c1-14-3-20-19(8-22(27)31-21(20)4-15(14)2)13-30-23(28)12-26-24(29)25-9-16-5-17(10-25)7-18(6-16)11-25/h3-4,8,16-18H,5-7,9-13H2,1-2H3,(H,26,29). The lowest BCUT2D eigenvalue weighted by Crippen LogP contribution is -2.54. The highest BCUT2D eigenvalue weighted by Crippen LogP contribution is 2.60. The Bertz CT molecular complexity index is 1080. The Morgan fingerprint density at radius 2 is 1.65 bits per heavy atom. The molecule has 1 aromatic heterocycles. The first-order valence-corrected chi connectivity index (χ1v) is 11.3. The lowest BCUT2D eigenvalue weighted by atomic mass is 9.49. The average molecular weight is 424 g/mol. The number of hydrogen-bond acceptors (Lipinski definition) is 5. The summed E-state index contributed by atoms with van der Waals surface area (Å²) < 4.78 is 10.7. The Hall–Kier alpha value is -2.63. The second-order valence-electron chi connectivity index (χ2n) is 10.1. The van der Waals surface area contributed by atoms with Gasteiger partial charge in [0.05, 0.1) is 0 Å². The molecule has 1 heterocycles. The Morgan fingerprint density at radius 1 is 1.03 bits per heavy atom. The molecule has 1 aromatic carbocycles. The van der Waals surface area contributed by atoms with E-state index in [1.54, 1.807) is 0 Å². The number of carbonyl (C=O) groups is 2. The van der Waals surface area contributed by atoms with E-state index < -0.39 is 11.6 Å². The fraction of sp³-hybridized carbons (Fsp3) is 0.560. The smallest absolute Gasteiger partial charge is 0.336 e. The highest BCUT2D eigenvalue weighted by molar-refractivity contribution is 5.87. The Labute approximate surface area is 181 Å². The van der Waals surface area contributed by atoms with Gasteiger partial charge in [0.25, 0.3) is 0 Å². The predicted molar refractivity (Wildman–Crippen MR) is 115 cm³/mol. The van der Waals surface area contributed by atoms with Crippen LogP contribution >= 0.6 is 0 Å². The number of esters is 1. The van der Waals surface area contributed by atoms with Crippen LogP contribution in [0, 0.1) is 37.0 Å².